The predicted octanol–water partition coefficient (Wildman–Crippen LogP) is 4.70. The third-order valence-corrected chi connectivity index (χ3v) is 5.19. The summed E-state index contributed by atoms with van der Waals surface area (Å²) in [6.45, 7) is 1.58. The first-order valence-corrected chi connectivity index (χ1v) is 9.18. The minimum Gasteiger partial charge on any atom is -0.361 e. The minimum absolute atomic E-state index is 0.218. The smallest absolute Gasteiger partial charge is 0.123 e. The SMILES string of the molecule is CN(C)CCCC1(c2ccc(F)cc2)OCc2cc(NI)ccc21. The summed E-state index contributed by atoms with van der Waals surface area (Å²) in [5.74, 6) is -0.218. The lowest BCUT2D eigenvalue weighted by molar-refractivity contribution is -0.0140. The molecule has 0 saturated carbocycles. The zero-order valence-electron chi connectivity index (χ0n) is 14.0. The Morgan fingerprint density at radius 2 is 1.96 bits per heavy atom. The fraction of sp³-hybridized carbons (Fsp3) is 0.368. The van der Waals surface area contributed by atoms with Crippen molar-refractivity contribution >= 4 is 28.6 Å². The number of hydrogen-bond donors (Lipinski definition) is 1. The molecule has 128 valence electrons. The van der Waals surface area contributed by atoms with Crippen LogP contribution in [0.25, 0.3) is 0 Å². The maximum absolute atomic E-state index is 13.4. The normalized spacial score (nSPS) is 19.5. The Kier molecular flexibility index (Phi) is 5.42. The van der Waals surface area contributed by atoms with Gasteiger partial charge in [-0.2, -0.15) is 0 Å². The largest absolute Gasteiger partial charge is 0.361 e. The molecular weight excluding hydrogens is 418 g/mol. The molecule has 1 aliphatic heterocycles. The van der Waals surface area contributed by atoms with E-state index in [2.05, 4.69) is 63.6 Å². The van der Waals surface area contributed by atoms with Gasteiger partial charge in [0, 0.05) is 5.69 Å². The van der Waals surface area contributed by atoms with Crippen LogP contribution in [0, 0.1) is 5.82 Å². The van der Waals surface area contributed by atoms with Gasteiger partial charge in [-0.1, -0.05) is 18.2 Å². The Labute approximate surface area is 156 Å². The minimum atomic E-state index is -0.483. The van der Waals surface area contributed by atoms with Crippen LogP contribution in [0.15, 0.2) is 42.5 Å². The molecular formula is C19H22FIN2O. The van der Waals surface area contributed by atoms with Gasteiger partial charge in [-0.25, -0.2) is 4.39 Å². The van der Waals surface area contributed by atoms with E-state index in [4.69, 9.17) is 4.74 Å². The molecule has 0 fully saturated rings. The molecule has 0 aromatic heterocycles. The number of halogens is 2. The van der Waals surface area contributed by atoms with Crippen LogP contribution in [0.3, 0.4) is 0 Å². The van der Waals surface area contributed by atoms with Crippen LogP contribution in [-0.4, -0.2) is 25.5 Å². The molecule has 0 spiro atoms. The summed E-state index contributed by atoms with van der Waals surface area (Å²) in [4.78, 5) is 2.18. The van der Waals surface area contributed by atoms with Crippen molar-refractivity contribution < 1.29 is 9.13 Å². The quantitative estimate of drug-likeness (QED) is 0.521. The zero-order valence-corrected chi connectivity index (χ0v) is 16.1. The summed E-state index contributed by atoms with van der Waals surface area (Å²) in [6, 6.07) is 13.1. The lowest BCUT2D eigenvalue weighted by Gasteiger charge is -2.31. The molecule has 1 unspecified atom stereocenters. The van der Waals surface area contributed by atoms with Crippen molar-refractivity contribution in [3.8, 4) is 0 Å². The fourth-order valence-corrected chi connectivity index (χ4v) is 3.73. The van der Waals surface area contributed by atoms with Crippen molar-refractivity contribution in [2.24, 2.45) is 0 Å². The van der Waals surface area contributed by atoms with Crippen molar-refractivity contribution in [3.05, 3.63) is 65.0 Å². The van der Waals surface area contributed by atoms with Crippen molar-refractivity contribution in [3.63, 3.8) is 0 Å². The van der Waals surface area contributed by atoms with Crippen LogP contribution in [0.4, 0.5) is 10.1 Å². The first kappa shape index (κ1) is 17.6. The Balaban J connectivity index is 2.00. The topological polar surface area (TPSA) is 24.5 Å². The highest BCUT2D eigenvalue weighted by molar-refractivity contribution is 14.1. The van der Waals surface area contributed by atoms with Crippen molar-refractivity contribution in [2.75, 3.05) is 24.2 Å². The lowest BCUT2D eigenvalue weighted by atomic mass is 9.82. The summed E-state index contributed by atoms with van der Waals surface area (Å²) in [5.41, 5.74) is 4.01. The average Bonchev–Trinajstić information content (AvgIpc) is 2.94. The molecule has 1 N–H and O–H groups in total. The molecule has 0 bridgehead atoms. The number of nitrogens with one attached hydrogen (secondary N) is 1. The Hall–Kier alpha value is -1.18. The Morgan fingerprint density at radius 1 is 1.21 bits per heavy atom. The molecule has 3 nitrogen and oxygen atoms in total. The van der Waals surface area contributed by atoms with Crippen LogP contribution in [-0.2, 0) is 16.9 Å². The Morgan fingerprint density at radius 3 is 2.62 bits per heavy atom. The van der Waals surface area contributed by atoms with Gasteiger partial charge in [0.2, 0.25) is 0 Å². The van der Waals surface area contributed by atoms with Gasteiger partial charge >= 0.3 is 0 Å². The second-order valence-corrected chi connectivity index (χ2v) is 7.04. The predicted molar refractivity (Wildman–Crippen MR) is 104 cm³/mol. The van der Waals surface area contributed by atoms with E-state index in [-0.39, 0.29) is 5.82 Å². The van der Waals surface area contributed by atoms with Crippen LogP contribution in [0.1, 0.15) is 29.5 Å². The van der Waals surface area contributed by atoms with Gasteiger partial charge in [0.05, 0.1) is 29.5 Å². The van der Waals surface area contributed by atoms with E-state index in [0.29, 0.717) is 6.61 Å². The van der Waals surface area contributed by atoms with Crippen LogP contribution < -0.4 is 3.53 Å². The van der Waals surface area contributed by atoms with Gasteiger partial charge < -0.3 is 13.2 Å². The van der Waals surface area contributed by atoms with Crippen molar-refractivity contribution in [1.29, 1.82) is 0 Å². The van der Waals surface area contributed by atoms with Gasteiger partial charge in [0.1, 0.15) is 11.4 Å². The third kappa shape index (κ3) is 3.43. The molecule has 1 heterocycles. The zero-order chi connectivity index (χ0) is 17.2. The van der Waals surface area contributed by atoms with E-state index in [0.717, 1.165) is 30.6 Å². The number of anilines is 1. The highest BCUT2D eigenvalue weighted by atomic mass is 127. The van der Waals surface area contributed by atoms with Crippen molar-refractivity contribution in [1.82, 2.24) is 4.90 Å². The molecule has 24 heavy (non-hydrogen) atoms. The summed E-state index contributed by atoms with van der Waals surface area (Å²) in [5, 5.41) is 0. The maximum atomic E-state index is 13.4. The number of rotatable bonds is 6. The summed E-state index contributed by atoms with van der Waals surface area (Å²) in [7, 11) is 4.15. The number of hydrogen-bond acceptors (Lipinski definition) is 3. The molecule has 5 heteroatoms. The van der Waals surface area contributed by atoms with E-state index in [1.807, 2.05) is 12.1 Å². The molecule has 0 radical (unpaired) electrons. The van der Waals surface area contributed by atoms with E-state index in [1.165, 1.54) is 23.3 Å². The standard InChI is InChI=1S/C19H22FIN2O/c1-23(2)11-3-10-19(15-4-6-16(20)7-5-15)18-9-8-17(22-21)12-14(18)13-24-19/h4-9,12,22H,3,10-11,13H2,1-2H3. The van der Waals surface area contributed by atoms with E-state index in [1.54, 1.807) is 0 Å². The van der Waals surface area contributed by atoms with Gasteiger partial charge in [-0.05, 0) is 74.4 Å². The first-order valence-electron chi connectivity index (χ1n) is 8.10. The summed E-state index contributed by atoms with van der Waals surface area (Å²) < 4.78 is 22.9. The summed E-state index contributed by atoms with van der Waals surface area (Å²) in [6.07, 6.45) is 1.89. The fourth-order valence-electron chi connectivity index (χ4n) is 3.40. The number of ether oxygens (including phenoxy) is 1. The molecule has 0 aliphatic carbocycles. The second kappa shape index (κ2) is 7.37. The van der Waals surface area contributed by atoms with Gasteiger partial charge in [0.15, 0.2) is 0 Å². The molecule has 2 aromatic carbocycles. The Bertz CT molecular complexity index is 705. The van der Waals surface area contributed by atoms with Gasteiger partial charge in [0.25, 0.3) is 0 Å². The van der Waals surface area contributed by atoms with E-state index >= 15 is 0 Å². The maximum Gasteiger partial charge on any atom is 0.123 e. The van der Waals surface area contributed by atoms with Gasteiger partial charge in [-0.3, -0.25) is 0 Å². The average molecular weight is 440 g/mol. The molecule has 1 aliphatic rings. The van der Waals surface area contributed by atoms with Crippen LogP contribution >= 0.6 is 22.9 Å². The van der Waals surface area contributed by atoms with Crippen LogP contribution in [0.2, 0.25) is 0 Å². The molecule has 0 amide bonds. The van der Waals surface area contributed by atoms with E-state index < -0.39 is 5.60 Å². The lowest BCUT2D eigenvalue weighted by Crippen LogP contribution is -2.28. The number of fused-ring (bicyclic) bond motifs is 1. The molecule has 2 aromatic rings. The molecule has 1 atom stereocenters. The summed E-state index contributed by atoms with van der Waals surface area (Å²) >= 11 is 2.13. The van der Waals surface area contributed by atoms with Gasteiger partial charge in [-0.15, -0.1) is 0 Å². The molecule has 0 saturated heterocycles. The highest BCUT2D eigenvalue weighted by Gasteiger charge is 2.41. The number of benzene rings is 2. The first-order chi connectivity index (χ1) is 11.5. The monoisotopic (exact) mass is 440 g/mol. The molecule has 3 rings (SSSR count). The van der Waals surface area contributed by atoms with E-state index in [9.17, 15) is 4.39 Å². The van der Waals surface area contributed by atoms with Crippen molar-refractivity contribution in [2.45, 2.75) is 25.0 Å². The highest BCUT2D eigenvalue weighted by Crippen LogP contribution is 2.46. The third-order valence-electron chi connectivity index (χ3n) is 4.57. The number of nitrogens with zero attached hydrogens (tertiary/aromatic N) is 1. The second-order valence-electron chi connectivity index (χ2n) is 6.50. The van der Waals surface area contributed by atoms with Crippen LogP contribution in [0.5, 0.6) is 0 Å².